The van der Waals surface area contributed by atoms with Crippen molar-refractivity contribution in [2.75, 3.05) is 0 Å². The third-order valence-corrected chi connectivity index (χ3v) is 1.87. The molecule has 0 spiro atoms. The first-order chi connectivity index (χ1) is 6.13. The summed E-state index contributed by atoms with van der Waals surface area (Å²) in [6.45, 7) is 4.00. The molecule has 0 amide bonds. The van der Waals surface area contributed by atoms with E-state index >= 15 is 0 Å². The van der Waals surface area contributed by atoms with Crippen LogP contribution < -0.4 is 0 Å². The first kappa shape index (κ1) is 15.1. The van der Waals surface area contributed by atoms with Crippen LogP contribution in [0.25, 0.3) is 0 Å². The summed E-state index contributed by atoms with van der Waals surface area (Å²) < 4.78 is 0. The highest BCUT2D eigenvalue weighted by Crippen LogP contribution is 2.14. The predicted molar refractivity (Wildman–Crippen MR) is 56.3 cm³/mol. The molecular weight excluding hydrogens is 204 g/mol. The number of rotatable bonds is 2. The lowest BCUT2D eigenvalue weighted by Gasteiger charge is -1.90. The van der Waals surface area contributed by atoms with E-state index in [1.54, 1.807) is 0 Å². The van der Waals surface area contributed by atoms with Crippen LogP contribution in [0.2, 0.25) is 0 Å². The minimum absolute atomic E-state index is 0. The molecule has 4 nitrogen and oxygen atoms in total. The zero-order valence-electron chi connectivity index (χ0n) is 7.27. The van der Waals surface area contributed by atoms with Gasteiger partial charge < -0.3 is 10.2 Å². The molecule has 80 valence electrons. The van der Waals surface area contributed by atoms with E-state index in [0.29, 0.717) is 0 Å². The van der Waals surface area contributed by atoms with Crippen LogP contribution in [0.15, 0.2) is 10.8 Å². The molecule has 0 aliphatic heterocycles. The molecule has 1 aromatic rings. The molecule has 14 heavy (non-hydrogen) atoms. The van der Waals surface area contributed by atoms with Gasteiger partial charge >= 0.3 is 11.9 Å². The molecule has 0 fully saturated rings. The number of aromatic carboxylic acids is 2. The first-order valence-electron chi connectivity index (χ1n) is 3.65. The van der Waals surface area contributed by atoms with Gasteiger partial charge in [-0.1, -0.05) is 21.3 Å². The van der Waals surface area contributed by atoms with Gasteiger partial charge in [-0.25, -0.2) is 9.59 Å². The van der Waals surface area contributed by atoms with Crippen molar-refractivity contribution in [1.82, 2.24) is 0 Å². The minimum Gasteiger partial charge on any atom is -0.478 e. The summed E-state index contributed by atoms with van der Waals surface area (Å²) in [5.41, 5.74) is -0.301. The molecule has 0 aromatic carbocycles. The number of carboxylic acids is 2. The van der Waals surface area contributed by atoms with E-state index in [-0.39, 0.29) is 18.6 Å². The smallest absolute Gasteiger partial charge is 0.337 e. The van der Waals surface area contributed by atoms with Gasteiger partial charge in [-0.3, -0.25) is 0 Å². The summed E-state index contributed by atoms with van der Waals surface area (Å²) in [4.78, 5) is 20.7. The summed E-state index contributed by atoms with van der Waals surface area (Å²) in [6.07, 6.45) is 0. The normalized spacial score (nSPS) is 7.86. The molecule has 2 N–H and O–H groups in total. The van der Waals surface area contributed by atoms with Crippen LogP contribution in [0.3, 0.4) is 0 Å². The standard InChI is InChI=1S/C6H4O4S.C2H6.CH4/c7-5(8)3-1-11-2-4(3)6(9)10;1-2;/h1-2H,(H,7,8)(H,9,10);1-2H3;1H4. The highest BCUT2D eigenvalue weighted by atomic mass is 32.1. The second kappa shape index (κ2) is 7.08. The summed E-state index contributed by atoms with van der Waals surface area (Å²) in [5.74, 6) is -2.41. The average Bonchev–Trinajstić information content (AvgIpc) is 2.55. The molecule has 5 heteroatoms. The number of hydrogen-bond acceptors (Lipinski definition) is 3. The Bertz CT molecular complexity index is 275. The summed E-state index contributed by atoms with van der Waals surface area (Å²) in [6, 6.07) is 0. The average molecular weight is 218 g/mol. The van der Waals surface area contributed by atoms with E-state index in [1.807, 2.05) is 13.8 Å². The third-order valence-electron chi connectivity index (χ3n) is 1.12. The molecule has 0 bridgehead atoms. The molecule has 1 heterocycles. The molecule has 0 aliphatic carbocycles. The number of carboxylic acid groups (broad SMARTS) is 2. The minimum atomic E-state index is -1.20. The zero-order chi connectivity index (χ0) is 10.4. The Labute approximate surface area is 86.8 Å². The summed E-state index contributed by atoms with van der Waals surface area (Å²) >= 11 is 1.06. The molecule has 0 saturated carbocycles. The maximum absolute atomic E-state index is 10.3. The van der Waals surface area contributed by atoms with Crippen molar-refractivity contribution in [3.63, 3.8) is 0 Å². The zero-order valence-corrected chi connectivity index (χ0v) is 8.09. The van der Waals surface area contributed by atoms with Crippen LogP contribution in [0.4, 0.5) is 0 Å². The third kappa shape index (κ3) is 3.57. The Morgan fingerprint density at radius 2 is 1.36 bits per heavy atom. The van der Waals surface area contributed by atoms with E-state index in [1.165, 1.54) is 10.8 Å². The number of thiophene rings is 1. The Morgan fingerprint density at radius 3 is 1.57 bits per heavy atom. The van der Waals surface area contributed by atoms with Crippen LogP contribution in [0, 0.1) is 0 Å². The van der Waals surface area contributed by atoms with Crippen LogP contribution in [-0.4, -0.2) is 22.2 Å². The van der Waals surface area contributed by atoms with Gasteiger partial charge in [0.05, 0.1) is 11.1 Å². The van der Waals surface area contributed by atoms with Gasteiger partial charge in [-0.2, -0.15) is 11.3 Å². The van der Waals surface area contributed by atoms with Gasteiger partial charge in [0.1, 0.15) is 0 Å². The van der Waals surface area contributed by atoms with Crippen LogP contribution in [0.1, 0.15) is 42.0 Å². The molecule has 1 rings (SSSR count). The highest BCUT2D eigenvalue weighted by Gasteiger charge is 2.15. The van der Waals surface area contributed by atoms with Gasteiger partial charge in [-0.05, 0) is 0 Å². The van der Waals surface area contributed by atoms with Gasteiger partial charge in [0.15, 0.2) is 0 Å². The van der Waals surface area contributed by atoms with Crippen molar-refractivity contribution in [2.24, 2.45) is 0 Å². The predicted octanol–water partition coefficient (Wildman–Crippen LogP) is 2.81. The fourth-order valence-corrected chi connectivity index (χ4v) is 1.42. The SMILES string of the molecule is C.CC.O=C(O)c1cscc1C(=O)O. The van der Waals surface area contributed by atoms with Crippen molar-refractivity contribution in [2.45, 2.75) is 21.3 Å². The lowest BCUT2D eigenvalue weighted by molar-refractivity contribution is 0.0653. The maximum Gasteiger partial charge on any atom is 0.337 e. The van der Waals surface area contributed by atoms with Crippen molar-refractivity contribution < 1.29 is 19.8 Å². The summed E-state index contributed by atoms with van der Waals surface area (Å²) in [7, 11) is 0. The van der Waals surface area contributed by atoms with E-state index < -0.39 is 11.9 Å². The van der Waals surface area contributed by atoms with Gasteiger partial charge in [0.2, 0.25) is 0 Å². The topological polar surface area (TPSA) is 74.6 Å². The van der Waals surface area contributed by atoms with Crippen LogP contribution in [0.5, 0.6) is 0 Å². The van der Waals surface area contributed by atoms with Gasteiger partial charge in [0.25, 0.3) is 0 Å². The summed E-state index contributed by atoms with van der Waals surface area (Å²) in [5, 5.41) is 19.5. The maximum atomic E-state index is 10.3. The largest absolute Gasteiger partial charge is 0.478 e. The monoisotopic (exact) mass is 218 g/mol. The Kier molecular flexibility index (Phi) is 7.65. The van der Waals surface area contributed by atoms with Crippen LogP contribution in [-0.2, 0) is 0 Å². The Balaban J connectivity index is 0. The van der Waals surface area contributed by atoms with E-state index in [0.717, 1.165) is 11.3 Å². The second-order valence-electron chi connectivity index (χ2n) is 1.81. The second-order valence-corrected chi connectivity index (χ2v) is 2.55. The number of hydrogen-bond donors (Lipinski definition) is 2. The number of carbonyl (C=O) groups is 2. The molecular formula is C9H14O4S. The molecule has 1 aromatic heterocycles. The molecule has 0 atom stereocenters. The Morgan fingerprint density at radius 1 is 1.07 bits per heavy atom. The Hall–Kier alpha value is -1.36. The fraction of sp³-hybridized carbons (Fsp3) is 0.333. The molecule has 0 unspecified atom stereocenters. The van der Waals surface area contributed by atoms with Gasteiger partial charge in [-0.15, -0.1) is 0 Å². The van der Waals surface area contributed by atoms with E-state index in [4.69, 9.17) is 10.2 Å². The van der Waals surface area contributed by atoms with E-state index in [2.05, 4.69) is 0 Å². The van der Waals surface area contributed by atoms with Crippen molar-refractivity contribution in [3.8, 4) is 0 Å². The van der Waals surface area contributed by atoms with Crippen molar-refractivity contribution in [3.05, 3.63) is 21.9 Å². The lowest BCUT2D eigenvalue weighted by Crippen LogP contribution is -2.03. The molecule has 0 saturated heterocycles. The molecule has 0 radical (unpaired) electrons. The highest BCUT2D eigenvalue weighted by molar-refractivity contribution is 7.08. The lowest BCUT2D eigenvalue weighted by atomic mass is 10.2. The van der Waals surface area contributed by atoms with Crippen molar-refractivity contribution in [1.29, 1.82) is 0 Å². The fourth-order valence-electron chi connectivity index (χ4n) is 0.628. The van der Waals surface area contributed by atoms with Crippen molar-refractivity contribution >= 4 is 23.3 Å². The molecule has 0 aliphatic rings. The first-order valence-corrected chi connectivity index (χ1v) is 4.60. The van der Waals surface area contributed by atoms with Crippen LogP contribution >= 0.6 is 11.3 Å². The quantitative estimate of drug-likeness (QED) is 0.800. The van der Waals surface area contributed by atoms with E-state index in [9.17, 15) is 9.59 Å². The van der Waals surface area contributed by atoms with Gasteiger partial charge in [0, 0.05) is 10.8 Å².